The Morgan fingerprint density at radius 3 is 1.22 bits per heavy atom. The maximum atomic E-state index is 2.34. The van der Waals surface area contributed by atoms with Gasteiger partial charge in [-0.1, -0.05) is 127 Å². The average molecular weight is 656 g/mol. The number of rotatable bonds is 7. The summed E-state index contributed by atoms with van der Waals surface area (Å²) in [6.07, 6.45) is 0. The van der Waals surface area contributed by atoms with Crippen LogP contribution in [-0.4, -0.2) is 0 Å². The number of thiophene rings is 1. The van der Waals surface area contributed by atoms with E-state index in [1.165, 1.54) is 64.7 Å². The smallest absolute Gasteiger partial charge is 0.0462 e. The fourth-order valence-electron chi connectivity index (χ4n) is 6.92. The van der Waals surface area contributed by atoms with Crippen LogP contribution in [0.15, 0.2) is 200 Å². The minimum atomic E-state index is 1.11. The van der Waals surface area contributed by atoms with Crippen LogP contribution < -0.4 is 4.90 Å². The van der Waals surface area contributed by atoms with Crippen molar-refractivity contribution in [2.75, 3.05) is 4.90 Å². The third kappa shape index (κ3) is 5.77. The van der Waals surface area contributed by atoms with Crippen LogP contribution >= 0.6 is 11.3 Å². The first-order valence-corrected chi connectivity index (χ1v) is 17.8. The summed E-state index contributed by atoms with van der Waals surface area (Å²) in [5.41, 5.74) is 13.0. The maximum Gasteiger partial charge on any atom is 0.0462 e. The quantitative estimate of drug-likeness (QED) is 0.165. The Labute approximate surface area is 297 Å². The lowest BCUT2D eigenvalue weighted by atomic mass is 9.93. The summed E-state index contributed by atoms with van der Waals surface area (Å²) in [5.74, 6) is 0. The van der Waals surface area contributed by atoms with E-state index in [1.54, 1.807) is 0 Å². The van der Waals surface area contributed by atoms with Crippen molar-refractivity contribution in [2.24, 2.45) is 0 Å². The lowest BCUT2D eigenvalue weighted by molar-refractivity contribution is 1.28. The fourth-order valence-corrected chi connectivity index (χ4v) is 8.01. The van der Waals surface area contributed by atoms with Gasteiger partial charge in [0, 0.05) is 37.2 Å². The second-order valence-corrected chi connectivity index (χ2v) is 13.7. The normalized spacial score (nSPS) is 11.2. The Morgan fingerprint density at radius 1 is 0.260 bits per heavy atom. The molecule has 0 atom stereocenters. The number of nitrogens with zero attached hydrogens (tertiary/aromatic N) is 1. The monoisotopic (exact) mass is 655 g/mol. The molecule has 50 heavy (non-hydrogen) atoms. The fraction of sp³-hybridized carbons (Fsp3) is 0. The summed E-state index contributed by atoms with van der Waals surface area (Å²) in [7, 11) is 0. The molecular formula is C48H33NS. The molecule has 0 N–H and O–H groups in total. The zero-order chi connectivity index (χ0) is 33.3. The van der Waals surface area contributed by atoms with Gasteiger partial charge in [-0.3, -0.25) is 0 Å². The number of hydrogen-bond acceptors (Lipinski definition) is 2. The molecule has 1 aromatic heterocycles. The molecule has 0 aliphatic rings. The zero-order valence-electron chi connectivity index (χ0n) is 27.4. The Bertz CT molecular complexity index is 2490. The standard InChI is InChI=1S/C48H33NS/c1-4-12-34(13-5-1)39-30-40(35-14-6-2-7-15-35)32-41(31-39)37-22-27-44(28-23-37)49(42-16-8-3-9-17-42)43-25-20-36(21-26-43)38-24-29-48-46(33-38)45-18-10-11-19-47(45)50-48/h1-33H. The van der Waals surface area contributed by atoms with Crippen LogP contribution in [0.5, 0.6) is 0 Å². The van der Waals surface area contributed by atoms with Gasteiger partial charge in [0.05, 0.1) is 0 Å². The molecule has 0 saturated heterocycles. The molecule has 0 radical (unpaired) electrons. The predicted octanol–water partition coefficient (Wildman–Crippen LogP) is 14.2. The lowest BCUT2D eigenvalue weighted by Gasteiger charge is -2.26. The summed E-state index contributed by atoms with van der Waals surface area (Å²) in [6.45, 7) is 0. The van der Waals surface area contributed by atoms with Crippen LogP contribution in [0.3, 0.4) is 0 Å². The SMILES string of the molecule is c1ccc(-c2cc(-c3ccccc3)cc(-c3ccc(N(c4ccccc4)c4ccc(-c5ccc6sc7ccccc7c6c5)cc4)cc3)c2)cc1. The van der Waals surface area contributed by atoms with Crippen molar-refractivity contribution in [2.45, 2.75) is 0 Å². The number of hydrogen-bond donors (Lipinski definition) is 0. The molecule has 1 nitrogen and oxygen atoms in total. The summed E-state index contributed by atoms with van der Waals surface area (Å²) in [6, 6.07) is 72.3. The van der Waals surface area contributed by atoms with E-state index in [0.717, 1.165) is 17.1 Å². The average Bonchev–Trinajstić information content (AvgIpc) is 3.58. The van der Waals surface area contributed by atoms with E-state index in [0.29, 0.717) is 0 Å². The highest BCUT2D eigenvalue weighted by atomic mass is 32.1. The van der Waals surface area contributed by atoms with Crippen molar-refractivity contribution < 1.29 is 0 Å². The zero-order valence-corrected chi connectivity index (χ0v) is 28.2. The molecule has 0 spiro atoms. The molecule has 0 bridgehead atoms. The minimum Gasteiger partial charge on any atom is -0.311 e. The molecule has 9 aromatic rings. The van der Waals surface area contributed by atoms with Crippen molar-refractivity contribution in [1.29, 1.82) is 0 Å². The van der Waals surface area contributed by atoms with Crippen LogP contribution in [0.2, 0.25) is 0 Å². The second-order valence-electron chi connectivity index (χ2n) is 12.6. The molecule has 0 unspecified atom stereocenters. The van der Waals surface area contributed by atoms with Gasteiger partial charge >= 0.3 is 0 Å². The van der Waals surface area contributed by atoms with Gasteiger partial charge in [0.15, 0.2) is 0 Å². The van der Waals surface area contributed by atoms with E-state index in [2.05, 4.69) is 205 Å². The van der Waals surface area contributed by atoms with Crippen molar-refractivity contribution in [3.63, 3.8) is 0 Å². The van der Waals surface area contributed by atoms with Gasteiger partial charge < -0.3 is 4.90 Å². The van der Waals surface area contributed by atoms with Gasteiger partial charge in [0.2, 0.25) is 0 Å². The van der Waals surface area contributed by atoms with Crippen LogP contribution in [0.4, 0.5) is 17.1 Å². The first-order chi connectivity index (χ1) is 24.8. The van der Waals surface area contributed by atoms with Crippen LogP contribution in [0.1, 0.15) is 0 Å². The molecule has 0 fully saturated rings. The van der Waals surface area contributed by atoms with Crippen LogP contribution in [0.25, 0.3) is 64.7 Å². The Kier molecular flexibility index (Phi) is 7.77. The van der Waals surface area contributed by atoms with Crippen molar-refractivity contribution in [3.05, 3.63) is 200 Å². The molecule has 0 aliphatic heterocycles. The van der Waals surface area contributed by atoms with Gasteiger partial charge in [0.25, 0.3) is 0 Å². The molecule has 2 heteroatoms. The largest absolute Gasteiger partial charge is 0.311 e. The Balaban J connectivity index is 1.08. The van der Waals surface area contributed by atoms with E-state index < -0.39 is 0 Å². The van der Waals surface area contributed by atoms with E-state index in [9.17, 15) is 0 Å². The molecule has 0 amide bonds. The second kappa shape index (κ2) is 13.0. The van der Waals surface area contributed by atoms with Gasteiger partial charge in [-0.2, -0.15) is 0 Å². The van der Waals surface area contributed by atoms with E-state index in [1.807, 2.05) is 11.3 Å². The molecule has 1 heterocycles. The van der Waals surface area contributed by atoms with Gasteiger partial charge in [-0.15, -0.1) is 11.3 Å². The number of anilines is 3. The third-order valence-corrected chi connectivity index (χ3v) is 10.6. The molecular weight excluding hydrogens is 623 g/mol. The first-order valence-electron chi connectivity index (χ1n) is 17.0. The van der Waals surface area contributed by atoms with E-state index in [4.69, 9.17) is 0 Å². The van der Waals surface area contributed by atoms with Crippen molar-refractivity contribution in [1.82, 2.24) is 0 Å². The molecule has 8 aromatic carbocycles. The van der Waals surface area contributed by atoms with Gasteiger partial charge in [-0.05, 0) is 117 Å². The summed E-state index contributed by atoms with van der Waals surface area (Å²) in [5, 5.41) is 2.65. The number of benzene rings is 8. The van der Waals surface area contributed by atoms with Crippen molar-refractivity contribution >= 4 is 48.6 Å². The Hall–Kier alpha value is -6.22. The lowest BCUT2D eigenvalue weighted by Crippen LogP contribution is -2.09. The highest BCUT2D eigenvalue weighted by Gasteiger charge is 2.14. The van der Waals surface area contributed by atoms with Gasteiger partial charge in [-0.25, -0.2) is 0 Å². The topological polar surface area (TPSA) is 3.24 Å². The number of para-hydroxylation sites is 1. The number of fused-ring (bicyclic) bond motifs is 3. The predicted molar refractivity (Wildman–Crippen MR) is 216 cm³/mol. The summed E-state index contributed by atoms with van der Waals surface area (Å²) < 4.78 is 2.66. The Morgan fingerprint density at radius 2 is 0.660 bits per heavy atom. The van der Waals surface area contributed by atoms with E-state index in [-0.39, 0.29) is 0 Å². The maximum absolute atomic E-state index is 2.34. The van der Waals surface area contributed by atoms with Crippen LogP contribution in [0, 0.1) is 0 Å². The van der Waals surface area contributed by atoms with E-state index >= 15 is 0 Å². The highest BCUT2D eigenvalue weighted by molar-refractivity contribution is 7.25. The molecule has 236 valence electrons. The van der Waals surface area contributed by atoms with Crippen molar-refractivity contribution in [3.8, 4) is 44.5 Å². The third-order valence-electron chi connectivity index (χ3n) is 9.46. The molecule has 9 rings (SSSR count). The minimum absolute atomic E-state index is 1.11. The summed E-state index contributed by atoms with van der Waals surface area (Å²) in [4.78, 5) is 2.33. The first kappa shape index (κ1) is 29.9. The van der Waals surface area contributed by atoms with Gasteiger partial charge in [0.1, 0.15) is 0 Å². The van der Waals surface area contributed by atoms with Crippen LogP contribution in [-0.2, 0) is 0 Å². The summed E-state index contributed by atoms with van der Waals surface area (Å²) >= 11 is 1.86. The molecule has 0 saturated carbocycles. The molecule has 0 aliphatic carbocycles. The highest BCUT2D eigenvalue weighted by Crippen LogP contribution is 2.40.